The molecule has 0 saturated heterocycles. The summed E-state index contributed by atoms with van der Waals surface area (Å²) in [5.74, 6) is 2.33. The molecule has 0 bridgehead atoms. The molecule has 2 aromatic heterocycles. The number of aryl methyl sites for hydroxylation is 1. The standard InChI is InChI=1S/C17H18N4OS/c1-3-11-23-16-15(12(2)22-21-16)14-9-10-18-17(20-14)19-13-7-5-4-6-8-13/h4-10H,3,11H2,1-2H3,(H,18,19,20). The normalized spacial score (nSPS) is 10.7. The highest BCUT2D eigenvalue weighted by Crippen LogP contribution is 2.33. The van der Waals surface area contributed by atoms with Crippen molar-refractivity contribution >= 4 is 23.4 Å². The number of hydrogen-bond acceptors (Lipinski definition) is 6. The summed E-state index contributed by atoms with van der Waals surface area (Å²) < 4.78 is 5.35. The SMILES string of the molecule is CCCSc1noc(C)c1-c1ccnc(Nc2ccccc2)n1. The second kappa shape index (κ2) is 7.28. The maximum atomic E-state index is 5.35. The minimum Gasteiger partial charge on any atom is -0.360 e. The van der Waals surface area contributed by atoms with Gasteiger partial charge in [-0.3, -0.25) is 0 Å². The number of nitrogens with one attached hydrogen (secondary N) is 1. The highest BCUT2D eigenvalue weighted by Gasteiger charge is 2.17. The van der Waals surface area contributed by atoms with Crippen LogP contribution in [0.25, 0.3) is 11.3 Å². The lowest BCUT2D eigenvalue weighted by molar-refractivity contribution is 0.384. The molecule has 0 atom stereocenters. The maximum absolute atomic E-state index is 5.35. The lowest BCUT2D eigenvalue weighted by Crippen LogP contribution is -1.98. The third-order valence-electron chi connectivity index (χ3n) is 3.22. The van der Waals surface area contributed by atoms with E-state index < -0.39 is 0 Å². The zero-order chi connectivity index (χ0) is 16.1. The monoisotopic (exact) mass is 326 g/mol. The van der Waals surface area contributed by atoms with Crippen molar-refractivity contribution in [1.82, 2.24) is 15.1 Å². The Balaban J connectivity index is 1.89. The first-order valence-electron chi connectivity index (χ1n) is 7.52. The van der Waals surface area contributed by atoms with Crippen molar-refractivity contribution in [2.75, 3.05) is 11.1 Å². The lowest BCUT2D eigenvalue weighted by Gasteiger charge is -2.06. The summed E-state index contributed by atoms with van der Waals surface area (Å²) in [7, 11) is 0. The summed E-state index contributed by atoms with van der Waals surface area (Å²) >= 11 is 1.69. The van der Waals surface area contributed by atoms with Gasteiger partial charge in [-0.05, 0) is 37.3 Å². The zero-order valence-corrected chi connectivity index (χ0v) is 13.9. The number of nitrogens with zero attached hydrogens (tertiary/aromatic N) is 3. The van der Waals surface area contributed by atoms with Crippen molar-refractivity contribution in [2.45, 2.75) is 25.3 Å². The highest BCUT2D eigenvalue weighted by molar-refractivity contribution is 7.99. The molecule has 6 heteroatoms. The second-order valence-corrected chi connectivity index (χ2v) is 6.11. The van der Waals surface area contributed by atoms with E-state index in [1.165, 1.54) is 0 Å². The predicted molar refractivity (Wildman–Crippen MR) is 93.0 cm³/mol. The van der Waals surface area contributed by atoms with E-state index in [-0.39, 0.29) is 0 Å². The van der Waals surface area contributed by atoms with Gasteiger partial charge in [-0.15, -0.1) is 11.8 Å². The highest BCUT2D eigenvalue weighted by atomic mass is 32.2. The first kappa shape index (κ1) is 15.6. The number of hydrogen-bond donors (Lipinski definition) is 1. The van der Waals surface area contributed by atoms with E-state index in [2.05, 4.69) is 27.4 Å². The van der Waals surface area contributed by atoms with Crippen LogP contribution in [0.3, 0.4) is 0 Å². The molecule has 0 spiro atoms. The fourth-order valence-electron chi connectivity index (χ4n) is 2.15. The van der Waals surface area contributed by atoms with Crippen molar-refractivity contribution in [2.24, 2.45) is 0 Å². The molecule has 1 aromatic carbocycles. The molecule has 118 valence electrons. The predicted octanol–water partition coefficient (Wildman–Crippen LogP) is 4.69. The third kappa shape index (κ3) is 3.71. The van der Waals surface area contributed by atoms with Crippen LogP contribution in [0.2, 0.25) is 0 Å². The quantitative estimate of drug-likeness (QED) is 0.663. The van der Waals surface area contributed by atoms with E-state index >= 15 is 0 Å². The first-order valence-corrected chi connectivity index (χ1v) is 8.51. The van der Waals surface area contributed by atoms with Gasteiger partial charge in [-0.25, -0.2) is 9.97 Å². The Kier molecular flexibility index (Phi) is 4.92. The maximum Gasteiger partial charge on any atom is 0.227 e. The number of rotatable bonds is 6. The Morgan fingerprint density at radius 3 is 2.78 bits per heavy atom. The molecule has 23 heavy (non-hydrogen) atoms. The minimum absolute atomic E-state index is 0.556. The second-order valence-electron chi connectivity index (χ2n) is 5.02. The number of aromatic nitrogens is 3. The Morgan fingerprint density at radius 2 is 2.00 bits per heavy atom. The van der Waals surface area contributed by atoms with Gasteiger partial charge < -0.3 is 9.84 Å². The molecule has 3 aromatic rings. The van der Waals surface area contributed by atoms with Gasteiger partial charge in [0.1, 0.15) is 10.8 Å². The van der Waals surface area contributed by atoms with Crippen molar-refractivity contribution in [3.05, 3.63) is 48.4 Å². The number of anilines is 2. The van der Waals surface area contributed by atoms with Crippen LogP contribution in [-0.4, -0.2) is 20.9 Å². The summed E-state index contributed by atoms with van der Waals surface area (Å²) in [4.78, 5) is 8.89. The summed E-state index contributed by atoms with van der Waals surface area (Å²) in [6.45, 7) is 4.05. The summed E-state index contributed by atoms with van der Waals surface area (Å²) in [6.07, 6.45) is 2.83. The van der Waals surface area contributed by atoms with E-state index in [1.807, 2.05) is 43.3 Å². The molecule has 0 aliphatic heterocycles. The third-order valence-corrected chi connectivity index (χ3v) is 4.38. The molecule has 0 saturated carbocycles. The van der Waals surface area contributed by atoms with Crippen LogP contribution in [-0.2, 0) is 0 Å². The lowest BCUT2D eigenvalue weighted by atomic mass is 10.2. The van der Waals surface area contributed by atoms with Crippen molar-refractivity contribution in [3.8, 4) is 11.3 Å². The molecule has 0 amide bonds. The molecule has 1 N–H and O–H groups in total. The van der Waals surface area contributed by atoms with E-state index in [0.29, 0.717) is 5.95 Å². The molecule has 0 aliphatic rings. The average molecular weight is 326 g/mol. The molecule has 0 aliphatic carbocycles. The summed E-state index contributed by atoms with van der Waals surface area (Å²) in [5.41, 5.74) is 2.71. The average Bonchev–Trinajstić information content (AvgIpc) is 2.95. The molecule has 2 heterocycles. The molecular formula is C17H18N4OS. The van der Waals surface area contributed by atoms with Gasteiger partial charge in [0.25, 0.3) is 0 Å². The molecule has 0 fully saturated rings. The van der Waals surface area contributed by atoms with Gasteiger partial charge in [-0.2, -0.15) is 0 Å². The molecule has 0 unspecified atom stereocenters. The zero-order valence-electron chi connectivity index (χ0n) is 13.1. The van der Waals surface area contributed by atoms with E-state index in [9.17, 15) is 0 Å². The topological polar surface area (TPSA) is 63.8 Å². The minimum atomic E-state index is 0.556. The van der Waals surface area contributed by atoms with E-state index in [4.69, 9.17) is 4.52 Å². The Labute approximate surface area is 139 Å². The van der Waals surface area contributed by atoms with Gasteiger partial charge >= 0.3 is 0 Å². The fourth-order valence-corrected chi connectivity index (χ4v) is 3.03. The smallest absolute Gasteiger partial charge is 0.227 e. The Bertz CT molecular complexity index is 773. The number of benzene rings is 1. The van der Waals surface area contributed by atoms with Crippen LogP contribution in [0.1, 0.15) is 19.1 Å². The van der Waals surface area contributed by atoms with Crippen LogP contribution in [0.15, 0.2) is 52.1 Å². The van der Waals surface area contributed by atoms with Gasteiger partial charge in [0.05, 0.1) is 11.3 Å². The van der Waals surface area contributed by atoms with Crippen LogP contribution in [0.4, 0.5) is 11.6 Å². The Morgan fingerprint density at radius 1 is 1.17 bits per heavy atom. The number of para-hydroxylation sites is 1. The van der Waals surface area contributed by atoms with E-state index in [0.717, 1.165) is 39.9 Å². The largest absolute Gasteiger partial charge is 0.360 e. The molecule has 3 rings (SSSR count). The van der Waals surface area contributed by atoms with Gasteiger partial charge in [0, 0.05) is 11.9 Å². The van der Waals surface area contributed by atoms with Gasteiger partial charge in [0.15, 0.2) is 0 Å². The van der Waals surface area contributed by atoms with Gasteiger partial charge in [-0.1, -0.05) is 30.3 Å². The number of thioether (sulfide) groups is 1. The first-order chi connectivity index (χ1) is 11.3. The van der Waals surface area contributed by atoms with Crippen molar-refractivity contribution in [1.29, 1.82) is 0 Å². The van der Waals surface area contributed by atoms with Crippen molar-refractivity contribution < 1.29 is 4.52 Å². The van der Waals surface area contributed by atoms with Crippen LogP contribution < -0.4 is 5.32 Å². The Hall–Kier alpha value is -2.34. The van der Waals surface area contributed by atoms with Crippen LogP contribution in [0, 0.1) is 6.92 Å². The van der Waals surface area contributed by atoms with Crippen LogP contribution in [0.5, 0.6) is 0 Å². The summed E-state index contributed by atoms with van der Waals surface area (Å²) in [5, 5.41) is 8.24. The molecule has 0 radical (unpaired) electrons. The van der Waals surface area contributed by atoms with Crippen LogP contribution >= 0.6 is 11.8 Å². The van der Waals surface area contributed by atoms with E-state index in [1.54, 1.807) is 18.0 Å². The van der Waals surface area contributed by atoms with Gasteiger partial charge in [0.2, 0.25) is 5.95 Å². The van der Waals surface area contributed by atoms with Crippen molar-refractivity contribution in [3.63, 3.8) is 0 Å². The summed E-state index contributed by atoms with van der Waals surface area (Å²) in [6, 6.07) is 11.7. The molecular weight excluding hydrogens is 308 g/mol. The molecule has 5 nitrogen and oxygen atoms in total. The fraction of sp³-hybridized carbons (Fsp3) is 0.235.